The lowest BCUT2D eigenvalue weighted by Crippen LogP contribution is -2.14. The number of hydrogen-bond donors (Lipinski definition) is 1. The summed E-state index contributed by atoms with van der Waals surface area (Å²) in [4.78, 5) is 11.1. The number of benzene rings is 1. The Morgan fingerprint density at radius 2 is 2.07 bits per heavy atom. The molecule has 1 amide bonds. The first-order valence-corrected chi connectivity index (χ1v) is 5.50. The van der Waals surface area contributed by atoms with Gasteiger partial charge < -0.3 is 4.74 Å². The van der Waals surface area contributed by atoms with E-state index in [1.54, 1.807) is 0 Å². The van der Waals surface area contributed by atoms with Crippen molar-refractivity contribution < 1.29 is 9.53 Å². The summed E-state index contributed by atoms with van der Waals surface area (Å²) in [6.45, 7) is 0.434. The molecule has 0 fully saturated rings. The van der Waals surface area contributed by atoms with Crippen LogP contribution in [0.15, 0.2) is 30.3 Å². The molecule has 0 saturated carbocycles. The lowest BCUT2D eigenvalue weighted by Gasteiger charge is -2.05. The molecule has 0 aromatic heterocycles. The number of ether oxygens (including phenoxy) is 1. The maximum atomic E-state index is 11.1. The Labute approximate surface area is 91.6 Å². The van der Waals surface area contributed by atoms with Crippen LogP contribution >= 0.6 is 15.9 Å². The highest BCUT2D eigenvalue weighted by atomic mass is 79.9. The van der Waals surface area contributed by atoms with Gasteiger partial charge in [0, 0.05) is 11.0 Å². The van der Waals surface area contributed by atoms with Gasteiger partial charge in [0.1, 0.15) is 0 Å². The topological polar surface area (TPSA) is 38.3 Å². The number of carbonyl (C=O) groups is 1. The third-order valence-electron chi connectivity index (χ3n) is 1.53. The van der Waals surface area contributed by atoms with E-state index in [1.165, 1.54) is 0 Å². The van der Waals surface area contributed by atoms with Crippen LogP contribution in [0, 0.1) is 0 Å². The minimum Gasteiger partial charge on any atom is -0.449 e. The minimum absolute atomic E-state index is 0.405. The third kappa shape index (κ3) is 4.28. The highest BCUT2D eigenvalue weighted by Gasteiger charge is 2.00. The Kier molecular flexibility index (Phi) is 5.07. The first-order valence-electron chi connectivity index (χ1n) is 4.37. The molecule has 1 aromatic carbocycles. The van der Waals surface area contributed by atoms with Crippen LogP contribution in [0.2, 0.25) is 0 Å². The normalized spacial score (nSPS) is 9.50. The second-order valence-corrected chi connectivity index (χ2v) is 3.46. The van der Waals surface area contributed by atoms with Gasteiger partial charge in [-0.3, -0.25) is 5.32 Å². The molecule has 1 aromatic rings. The summed E-state index contributed by atoms with van der Waals surface area (Å²) >= 11 is 3.25. The summed E-state index contributed by atoms with van der Waals surface area (Å²) in [7, 11) is 0. The Hall–Kier alpha value is -1.03. The third-order valence-corrected chi connectivity index (χ3v) is 2.09. The Balaban J connectivity index is 2.27. The van der Waals surface area contributed by atoms with Gasteiger partial charge in [0.2, 0.25) is 0 Å². The molecule has 0 spiro atoms. The van der Waals surface area contributed by atoms with Crippen LogP contribution in [0.5, 0.6) is 0 Å². The van der Waals surface area contributed by atoms with Gasteiger partial charge in [0.25, 0.3) is 0 Å². The summed E-state index contributed by atoms with van der Waals surface area (Å²) in [6.07, 6.45) is 0.416. The van der Waals surface area contributed by atoms with Gasteiger partial charge in [0.05, 0.1) is 6.61 Å². The molecule has 0 bridgehead atoms. The van der Waals surface area contributed by atoms with Crippen LogP contribution in [0.1, 0.15) is 6.42 Å². The number of nitrogens with one attached hydrogen (secondary N) is 1. The lowest BCUT2D eigenvalue weighted by atomic mass is 10.3. The van der Waals surface area contributed by atoms with Gasteiger partial charge in [0.15, 0.2) is 0 Å². The highest BCUT2D eigenvalue weighted by Crippen LogP contribution is 2.05. The van der Waals surface area contributed by atoms with Gasteiger partial charge in [-0.2, -0.15) is 0 Å². The quantitative estimate of drug-likeness (QED) is 0.665. The molecule has 76 valence electrons. The summed E-state index contributed by atoms with van der Waals surface area (Å²) in [5.74, 6) is 0. The fourth-order valence-corrected chi connectivity index (χ4v) is 1.12. The summed E-state index contributed by atoms with van der Waals surface area (Å²) in [5, 5.41) is 3.46. The van der Waals surface area contributed by atoms with Gasteiger partial charge >= 0.3 is 6.09 Å². The number of para-hydroxylation sites is 1. The van der Waals surface area contributed by atoms with Gasteiger partial charge in [-0.25, -0.2) is 4.79 Å². The SMILES string of the molecule is O=C(Nc1ccccc1)OCCCBr. The van der Waals surface area contributed by atoms with E-state index in [4.69, 9.17) is 4.74 Å². The number of amides is 1. The van der Waals surface area contributed by atoms with E-state index in [9.17, 15) is 4.79 Å². The van der Waals surface area contributed by atoms with Crippen molar-refractivity contribution in [2.75, 3.05) is 17.3 Å². The van der Waals surface area contributed by atoms with E-state index < -0.39 is 6.09 Å². The van der Waals surface area contributed by atoms with Crippen LogP contribution in [0.4, 0.5) is 10.5 Å². The number of hydrogen-bond acceptors (Lipinski definition) is 2. The number of anilines is 1. The van der Waals surface area contributed by atoms with Crippen molar-refractivity contribution in [3.8, 4) is 0 Å². The average Bonchev–Trinajstić information content (AvgIpc) is 2.20. The molecule has 0 radical (unpaired) electrons. The van der Waals surface area contributed by atoms with Crippen LogP contribution in [-0.2, 0) is 4.74 Å². The van der Waals surface area contributed by atoms with Crippen molar-refractivity contribution in [2.24, 2.45) is 0 Å². The fraction of sp³-hybridized carbons (Fsp3) is 0.300. The number of carbonyl (C=O) groups excluding carboxylic acids is 1. The monoisotopic (exact) mass is 257 g/mol. The molecule has 1 N–H and O–H groups in total. The lowest BCUT2D eigenvalue weighted by molar-refractivity contribution is 0.162. The molecular formula is C10H12BrNO2. The van der Waals surface area contributed by atoms with Crippen molar-refractivity contribution >= 4 is 27.7 Å². The maximum absolute atomic E-state index is 11.1. The molecule has 1 rings (SSSR count). The second kappa shape index (κ2) is 6.43. The Morgan fingerprint density at radius 3 is 2.71 bits per heavy atom. The molecule has 14 heavy (non-hydrogen) atoms. The van der Waals surface area contributed by atoms with E-state index in [-0.39, 0.29) is 0 Å². The molecule has 0 saturated heterocycles. The zero-order valence-corrected chi connectivity index (χ0v) is 9.29. The first kappa shape index (κ1) is 11.0. The zero-order chi connectivity index (χ0) is 10.2. The zero-order valence-electron chi connectivity index (χ0n) is 7.70. The molecule has 0 atom stereocenters. The Bertz CT molecular complexity index is 277. The van der Waals surface area contributed by atoms with E-state index in [2.05, 4.69) is 21.2 Å². The molecule has 0 heterocycles. The van der Waals surface area contributed by atoms with Gasteiger partial charge in [-0.1, -0.05) is 34.1 Å². The van der Waals surface area contributed by atoms with Crippen molar-refractivity contribution in [3.05, 3.63) is 30.3 Å². The van der Waals surface area contributed by atoms with E-state index in [0.29, 0.717) is 6.61 Å². The van der Waals surface area contributed by atoms with E-state index in [0.717, 1.165) is 17.4 Å². The van der Waals surface area contributed by atoms with Crippen molar-refractivity contribution in [2.45, 2.75) is 6.42 Å². The predicted octanol–water partition coefficient (Wildman–Crippen LogP) is 3.02. The van der Waals surface area contributed by atoms with E-state index in [1.807, 2.05) is 30.3 Å². The number of alkyl halides is 1. The van der Waals surface area contributed by atoms with Crippen molar-refractivity contribution in [1.29, 1.82) is 0 Å². The van der Waals surface area contributed by atoms with Crippen LogP contribution < -0.4 is 5.32 Å². The molecular weight excluding hydrogens is 246 g/mol. The molecule has 0 aliphatic carbocycles. The fourth-order valence-electron chi connectivity index (χ4n) is 0.895. The Morgan fingerprint density at radius 1 is 1.36 bits per heavy atom. The molecule has 0 unspecified atom stereocenters. The molecule has 0 aliphatic rings. The number of halogens is 1. The molecule has 4 heteroatoms. The van der Waals surface area contributed by atoms with Crippen LogP contribution in [-0.4, -0.2) is 18.0 Å². The highest BCUT2D eigenvalue weighted by molar-refractivity contribution is 9.09. The van der Waals surface area contributed by atoms with Gasteiger partial charge in [-0.15, -0.1) is 0 Å². The smallest absolute Gasteiger partial charge is 0.411 e. The standard InChI is InChI=1S/C10H12BrNO2/c11-7-4-8-14-10(13)12-9-5-2-1-3-6-9/h1-3,5-6H,4,7-8H2,(H,12,13). The maximum Gasteiger partial charge on any atom is 0.411 e. The van der Waals surface area contributed by atoms with Crippen molar-refractivity contribution in [1.82, 2.24) is 0 Å². The van der Waals surface area contributed by atoms with E-state index >= 15 is 0 Å². The number of rotatable bonds is 4. The van der Waals surface area contributed by atoms with Crippen LogP contribution in [0.3, 0.4) is 0 Å². The summed E-state index contributed by atoms with van der Waals surface area (Å²) < 4.78 is 4.91. The average molecular weight is 258 g/mol. The molecule has 0 aliphatic heterocycles. The first-order chi connectivity index (χ1) is 6.83. The largest absolute Gasteiger partial charge is 0.449 e. The van der Waals surface area contributed by atoms with Gasteiger partial charge in [-0.05, 0) is 18.6 Å². The van der Waals surface area contributed by atoms with Crippen LogP contribution in [0.25, 0.3) is 0 Å². The van der Waals surface area contributed by atoms with Crippen molar-refractivity contribution in [3.63, 3.8) is 0 Å². The summed E-state index contributed by atoms with van der Waals surface area (Å²) in [6, 6.07) is 9.22. The predicted molar refractivity (Wildman–Crippen MR) is 59.8 cm³/mol. The molecule has 3 nitrogen and oxygen atoms in total. The second-order valence-electron chi connectivity index (χ2n) is 2.67. The minimum atomic E-state index is -0.405. The summed E-state index contributed by atoms with van der Waals surface area (Å²) in [5.41, 5.74) is 0.747.